The molecule has 0 aromatic carbocycles. The summed E-state index contributed by atoms with van der Waals surface area (Å²) in [6.07, 6.45) is -0.305. The highest BCUT2D eigenvalue weighted by molar-refractivity contribution is 5.93. The first-order valence-electron chi connectivity index (χ1n) is 6.71. The fourth-order valence-corrected chi connectivity index (χ4v) is 1.92. The number of hydrogen-bond donors (Lipinski definition) is 0. The summed E-state index contributed by atoms with van der Waals surface area (Å²) in [6, 6.07) is 0. The number of esters is 2. The predicted molar refractivity (Wildman–Crippen MR) is 71.7 cm³/mol. The Labute approximate surface area is 118 Å². The molecule has 7 heteroatoms. The number of hydrogen-bond acceptors (Lipinski definition) is 7. The van der Waals surface area contributed by atoms with Crippen molar-refractivity contribution in [2.75, 3.05) is 20.3 Å². The van der Waals surface area contributed by atoms with E-state index in [1.165, 1.54) is 5.06 Å². The average molecular weight is 286 g/mol. The number of amidine groups is 1. The molecule has 1 atom stereocenters. The lowest BCUT2D eigenvalue weighted by Gasteiger charge is -2.23. The number of carbonyl (C=O) groups is 2. The molecule has 0 saturated heterocycles. The lowest BCUT2D eigenvalue weighted by molar-refractivity contribution is -0.208. The normalized spacial score (nSPS) is 21.9. The van der Waals surface area contributed by atoms with E-state index in [1.807, 2.05) is 13.8 Å². The Bertz CT molecular complexity index is 408. The highest BCUT2D eigenvalue weighted by Gasteiger charge is 2.51. The summed E-state index contributed by atoms with van der Waals surface area (Å²) in [5.41, 5.74) is -1.67. The summed E-state index contributed by atoms with van der Waals surface area (Å²) >= 11 is 0. The van der Waals surface area contributed by atoms with E-state index in [1.54, 1.807) is 20.9 Å². The maximum absolute atomic E-state index is 12.1. The molecule has 7 nitrogen and oxygen atoms in total. The predicted octanol–water partition coefficient (Wildman–Crippen LogP) is 1.13. The van der Waals surface area contributed by atoms with Crippen molar-refractivity contribution in [3.05, 3.63) is 0 Å². The third-order valence-electron chi connectivity index (χ3n) is 2.71. The second-order valence-electron chi connectivity index (χ2n) is 4.70. The van der Waals surface area contributed by atoms with Gasteiger partial charge in [0, 0.05) is 13.0 Å². The van der Waals surface area contributed by atoms with Crippen LogP contribution < -0.4 is 0 Å². The molecule has 0 bridgehead atoms. The number of rotatable bonds is 6. The summed E-state index contributed by atoms with van der Waals surface area (Å²) in [5, 5.41) is 1.40. The van der Waals surface area contributed by atoms with E-state index in [4.69, 9.17) is 14.3 Å². The molecular formula is C13H22N2O5. The van der Waals surface area contributed by atoms with E-state index >= 15 is 0 Å². The number of aliphatic imine (C=N–C) groups is 1. The van der Waals surface area contributed by atoms with Crippen LogP contribution in [0.2, 0.25) is 0 Å². The Kier molecular flexibility index (Phi) is 5.50. The van der Waals surface area contributed by atoms with Crippen LogP contribution in [0.4, 0.5) is 0 Å². The minimum absolute atomic E-state index is 0.0542. The highest BCUT2D eigenvalue weighted by Crippen LogP contribution is 2.30. The summed E-state index contributed by atoms with van der Waals surface area (Å²) < 4.78 is 9.85. The molecule has 1 aliphatic rings. The van der Waals surface area contributed by atoms with Gasteiger partial charge < -0.3 is 9.47 Å². The van der Waals surface area contributed by atoms with E-state index in [9.17, 15) is 9.59 Å². The van der Waals surface area contributed by atoms with Gasteiger partial charge in [0.05, 0.1) is 13.2 Å². The number of ether oxygens (including phenoxy) is 2. The van der Waals surface area contributed by atoms with Crippen molar-refractivity contribution in [3.8, 4) is 0 Å². The Morgan fingerprint density at radius 3 is 2.35 bits per heavy atom. The van der Waals surface area contributed by atoms with Gasteiger partial charge >= 0.3 is 11.9 Å². The van der Waals surface area contributed by atoms with Gasteiger partial charge in [0.2, 0.25) is 0 Å². The third kappa shape index (κ3) is 3.47. The van der Waals surface area contributed by atoms with Crippen molar-refractivity contribution in [2.45, 2.75) is 39.8 Å². The smallest absolute Gasteiger partial charge is 0.364 e. The molecule has 20 heavy (non-hydrogen) atoms. The van der Waals surface area contributed by atoms with Gasteiger partial charge in [-0.05, 0) is 13.8 Å². The molecule has 0 saturated carbocycles. The van der Waals surface area contributed by atoms with E-state index in [2.05, 4.69) is 4.99 Å². The third-order valence-corrected chi connectivity index (χ3v) is 2.71. The zero-order chi connectivity index (χ0) is 15.3. The monoisotopic (exact) mass is 286 g/mol. The van der Waals surface area contributed by atoms with Gasteiger partial charge in [-0.25, -0.2) is 19.7 Å². The quantitative estimate of drug-likeness (QED) is 0.681. The Hall–Kier alpha value is -1.63. The Morgan fingerprint density at radius 2 is 1.90 bits per heavy atom. The van der Waals surface area contributed by atoms with Crippen LogP contribution >= 0.6 is 0 Å². The van der Waals surface area contributed by atoms with Gasteiger partial charge in [-0.2, -0.15) is 0 Å². The van der Waals surface area contributed by atoms with Gasteiger partial charge in [-0.3, -0.25) is 4.79 Å². The average Bonchev–Trinajstić information content (AvgIpc) is 2.68. The molecule has 1 heterocycles. The summed E-state index contributed by atoms with van der Waals surface area (Å²) in [4.78, 5) is 33.6. The minimum atomic E-state index is -1.67. The molecule has 0 aromatic heterocycles. The fourth-order valence-electron chi connectivity index (χ4n) is 1.92. The van der Waals surface area contributed by atoms with Gasteiger partial charge in [-0.1, -0.05) is 13.8 Å². The minimum Gasteiger partial charge on any atom is -0.466 e. The maximum atomic E-state index is 12.1. The lowest BCUT2D eigenvalue weighted by Crippen LogP contribution is -2.43. The van der Waals surface area contributed by atoms with Crippen LogP contribution in [0.1, 0.15) is 34.1 Å². The lowest BCUT2D eigenvalue weighted by atomic mass is 10.1. The molecule has 0 radical (unpaired) electrons. The first kappa shape index (κ1) is 16.4. The van der Waals surface area contributed by atoms with E-state index in [0.717, 1.165) is 0 Å². The second-order valence-corrected chi connectivity index (χ2v) is 4.70. The summed E-state index contributed by atoms with van der Waals surface area (Å²) in [5.74, 6) is -0.598. The van der Waals surface area contributed by atoms with Gasteiger partial charge in [0.1, 0.15) is 12.3 Å². The molecule has 0 amide bonds. The van der Waals surface area contributed by atoms with Crippen LogP contribution in [0.15, 0.2) is 4.99 Å². The Morgan fingerprint density at radius 1 is 1.30 bits per heavy atom. The van der Waals surface area contributed by atoms with Crippen molar-refractivity contribution < 1.29 is 23.9 Å². The Balaban J connectivity index is 3.04. The van der Waals surface area contributed by atoms with Crippen molar-refractivity contribution >= 4 is 17.8 Å². The van der Waals surface area contributed by atoms with E-state index in [0.29, 0.717) is 5.84 Å². The van der Waals surface area contributed by atoms with Crippen molar-refractivity contribution in [3.63, 3.8) is 0 Å². The van der Waals surface area contributed by atoms with E-state index < -0.39 is 17.7 Å². The molecule has 0 fully saturated rings. The van der Waals surface area contributed by atoms with Gasteiger partial charge in [0.25, 0.3) is 5.72 Å². The van der Waals surface area contributed by atoms with Crippen LogP contribution in [0, 0.1) is 5.92 Å². The molecule has 0 aliphatic carbocycles. The summed E-state index contributed by atoms with van der Waals surface area (Å²) in [7, 11) is 1.64. The van der Waals surface area contributed by atoms with Crippen molar-refractivity contribution in [2.24, 2.45) is 10.9 Å². The zero-order valence-corrected chi connectivity index (χ0v) is 12.6. The zero-order valence-electron chi connectivity index (χ0n) is 12.6. The van der Waals surface area contributed by atoms with Crippen LogP contribution in [0.3, 0.4) is 0 Å². The fraction of sp³-hybridized carbons (Fsp3) is 0.769. The van der Waals surface area contributed by atoms with Crippen molar-refractivity contribution in [1.29, 1.82) is 0 Å². The van der Waals surface area contributed by atoms with E-state index in [-0.39, 0.29) is 25.6 Å². The van der Waals surface area contributed by atoms with Crippen LogP contribution in [-0.4, -0.2) is 48.8 Å². The largest absolute Gasteiger partial charge is 0.466 e. The SMILES string of the molecule is CCOC(=O)CC1(C(=O)OCC)N=C(C(C)C)N(C)O1. The molecule has 0 aromatic rings. The summed E-state index contributed by atoms with van der Waals surface area (Å²) in [6.45, 7) is 7.63. The van der Waals surface area contributed by atoms with Gasteiger partial charge in [-0.15, -0.1) is 0 Å². The number of carbonyl (C=O) groups excluding carboxylic acids is 2. The maximum Gasteiger partial charge on any atom is 0.364 e. The highest BCUT2D eigenvalue weighted by atomic mass is 16.7. The standard InChI is InChI=1S/C13H22N2O5/c1-6-18-10(16)8-13(12(17)19-7-2)14-11(9(3)4)15(5)20-13/h9H,6-8H2,1-5H3. The van der Waals surface area contributed by atoms with Crippen LogP contribution in [0.25, 0.3) is 0 Å². The topological polar surface area (TPSA) is 77.4 Å². The molecule has 1 rings (SSSR count). The van der Waals surface area contributed by atoms with Crippen molar-refractivity contribution in [1.82, 2.24) is 5.06 Å². The molecule has 114 valence electrons. The van der Waals surface area contributed by atoms with Crippen LogP contribution in [0.5, 0.6) is 0 Å². The molecule has 1 aliphatic heterocycles. The van der Waals surface area contributed by atoms with Gasteiger partial charge in [0.15, 0.2) is 0 Å². The molecule has 1 unspecified atom stereocenters. The first-order valence-corrected chi connectivity index (χ1v) is 6.71. The molecule has 0 spiro atoms. The second kappa shape index (κ2) is 6.69. The first-order chi connectivity index (χ1) is 9.36. The van der Waals surface area contributed by atoms with Crippen LogP contribution in [-0.2, 0) is 23.9 Å². The molecular weight excluding hydrogens is 264 g/mol. The number of nitrogens with zero attached hydrogens (tertiary/aromatic N) is 2. The molecule has 0 N–H and O–H groups in total. The number of hydroxylamine groups is 2.